The largest absolute Gasteiger partial charge is 0.480 e. The number of primary amides is 1. The number of aromatic amines is 1. The Hall–Kier alpha value is -4.71. The van der Waals surface area contributed by atoms with Gasteiger partial charge in [0.15, 0.2) is 0 Å². The summed E-state index contributed by atoms with van der Waals surface area (Å²) in [6.45, 7) is 0.695. The number of carboxylic acid groups (broad SMARTS) is 1. The van der Waals surface area contributed by atoms with Crippen LogP contribution in [-0.2, 0) is 36.8 Å². The second kappa shape index (κ2) is 14.3. The van der Waals surface area contributed by atoms with Crippen LogP contribution in [0.1, 0.15) is 36.8 Å². The molecule has 0 saturated carbocycles. The quantitative estimate of drug-likeness (QED) is 0.145. The molecule has 222 valence electrons. The van der Waals surface area contributed by atoms with E-state index in [1.54, 1.807) is 36.5 Å². The number of carbonyl (C=O) groups is 5. The highest BCUT2D eigenvalue weighted by Gasteiger charge is 2.32. The van der Waals surface area contributed by atoms with Crippen LogP contribution in [0.4, 0.5) is 0 Å². The Morgan fingerprint density at radius 3 is 2.26 bits per heavy atom. The van der Waals surface area contributed by atoms with Gasteiger partial charge in [0.25, 0.3) is 0 Å². The smallest absolute Gasteiger partial charge is 0.326 e. The summed E-state index contributed by atoms with van der Waals surface area (Å²) in [5.74, 6) is -3.69. The van der Waals surface area contributed by atoms with Gasteiger partial charge in [-0.1, -0.05) is 48.5 Å². The second-order valence-electron chi connectivity index (χ2n) is 10.4. The average molecular weight is 577 g/mol. The summed E-state index contributed by atoms with van der Waals surface area (Å²) in [5, 5.41) is 21.7. The number of fused-ring (bicyclic) bond motifs is 1. The van der Waals surface area contributed by atoms with Crippen LogP contribution in [0.2, 0.25) is 0 Å². The molecule has 0 aliphatic carbocycles. The summed E-state index contributed by atoms with van der Waals surface area (Å²) in [4.78, 5) is 66.6. The maximum Gasteiger partial charge on any atom is 0.326 e. The molecule has 0 radical (unpaired) electrons. The molecule has 4 atom stereocenters. The Balaban J connectivity index is 1.53. The van der Waals surface area contributed by atoms with E-state index in [0.717, 1.165) is 22.9 Å². The van der Waals surface area contributed by atoms with Crippen LogP contribution in [0.3, 0.4) is 0 Å². The highest BCUT2D eigenvalue weighted by Crippen LogP contribution is 2.20. The van der Waals surface area contributed by atoms with Crippen molar-refractivity contribution in [2.24, 2.45) is 5.73 Å². The van der Waals surface area contributed by atoms with Crippen molar-refractivity contribution in [2.75, 3.05) is 6.54 Å². The summed E-state index contributed by atoms with van der Waals surface area (Å²) in [6.07, 6.45) is 3.01. The van der Waals surface area contributed by atoms with Crippen molar-refractivity contribution in [3.05, 3.63) is 71.9 Å². The fourth-order valence-electron chi connectivity index (χ4n) is 5.06. The number of hydrogen-bond donors (Lipinski definition) is 7. The Morgan fingerprint density at radius 2 is 1.57 bits per heavy atom. The van der Waals surface area contributed by atoms with Gasteiger partial charge in [0.05, 0.1) is 6.04 Å². The number of para-hydroxylation sites is 1. The zero-order chi connectivity index (χ0) is 30.1. The summed E-state index contributed by atoms with van der Waals surface area (Å²) in [5.41, 5.74) is 7.67. The first-order chi connectivity index (χ1) is 20.2. The monoisotopic (exact) mass is 576 g/mol. The van der Waals surface area contributed by atoms with Crippen molar-refractivity contribution in [1.29, 1.82) is 0 Å². The number of rotatable bonds is 14. The molecule has 1 aromatic heterocycles. The van der Waals surface area contributed by atoms with Crippen LogP contribution in [0, 0.1) is 0 Å². The molecule has 2 aromatic carbocycles. The fourth-order valence-corrected chi connectivity index (χ4v) is 5.06. The predicted octanol–water partition coefficient (Wildman–Crippen LogP) is 0.510. The molecule has 42 heavy (non-hydrogen) atoms. The molecule has 0 spiro atoms. The van der Waals surface area contributed by atoms with Gasteiger partial charge in [-0.2, -0.15) is 0 Å². The van der Waals surface area contributed by atoms with Gasteiger partial charge in [-0.3, -0.25) is 19.2 Å². The topological polar surface area (TPSA) is 196 Å². The minimum atomic E-state index is -1.27. The lowest BCUT2D eigenvalue weighted by Crippen LogP contribution is -2.57. The van der Waals surface area contributed by atoms with E-state index in [0.29, 0.717) is 18.5 Å². The Labute approximate surface area is 242 Å². The predicted molar refractivity (Wildman–Crippen MR) is 155 cm³/mol. The van der Waals surface area contributed by atoms with Crippen molar-refractivity contribution in [2.45, 2.75) is 62.7 Å². The number of H-pyrrole nitrogens is 1. The van der Waals surface area contributed by atoms with Crippen molar-refractivity contribution >= 4 is 40.5 Å². The lowest BCUT2D eigenvalue weighted by molar-refractivity contribution is -0.142. The van der Waals surface area contributed by atoms with Crippen LogP contribution >= 0.6 is 0 Å². The summed E-state index contributed by atoms with van der Waals surface area (Å²) >= 11 is 0. The van der Waals surface area contributed by atoms with Crippen LogP contribution in [-0.4, -0.2) is 70.4 Å². The van der Waals surface area contributed by atoms with Gasteiger partial charge in [0.2, 0.25) is 23.6 Å². The van der Waals surface area contributed by atoms with E-state index in [1.807, 2.05) is 24.3 Å². The first-order valence-electron chi connectivity index (χ1n) is 14.0. The van der Waals surface area contributed by atoms with Gasteiger partial charge in [-0.25, -0.2) is 4.79 Å². The van der Waals surface area contributed by atoms with Gasteiger partial charge in [0, 0.05) is 36.4 Å². The molecule has 4 rings (SSSR count). The minimum absolute atomic E-state index is 0.0199. The van der Waals surface area contributed by atoms with Crippen molar-refractivity contribution in [1.82, 2.24) is 26.3 Å². The number of hydrogen-bond acceptors (Lipinski definition) is 6. The molecule has 2 heterocycles. The highest BCUT2D eigenvalue weighted by molar-refractivity contribution is 5.95. The first-order valence-corrected chi connectivity index (χ1v) is 14.0. The molecule has 3 aromatic rings. The SMILES string of the molecule is NC(=O)CCC(NC(=O)C(Cc1c[nH]c2ccccc12)NC(=O)C1CCCN1)C(=O)NC(Cc1ccccc1)C(=O)O. The number of benzene rings is 2. The standard InChI is InChI=1S/C30H36N6O6/c31-26(37)13-12-23(28(39)36-25(30(41)42)15-18-7-2-1-3-8-18)34-29(40)24(35-27(38)22-11-6-14-32-22)16-19-17-33-21-10-5-4-9-20(19)21/h1-5,7-10,17,22-25,32-33H,6,11-16H2,(H2,31,37)(H,34,40)(H,35,38)(H,36,39)(H,41,42). The maximum absolute atomic E-state index is 13.7. The molecular formula is C30H36N6O6. The van der Waals surface area contributed by atoms with E-state index >= 15 is 0 Å². The van der Waals surface area contributed by atoms with E-state index in [2.05, 4.69) is 26.3 Å². The highest BCUT2D eigenvalue weighted by atomic mass is 16.4. The number of aliphatic carboxylic acids is 1. The Morgan fingerprint density at radius 1 is 0.881 bits per heavy atom. The van der Waals surface area contributed by atoms with E-state index in [9.17, 15) is 29.1 Å². The molecule has 1 aliphatic heterocycles. The molecule has 4 unspecified atom stereocenters. The lowest BCUT2D eigenvalue weighted by Gasteiger charge is -2.25. The number of amides is 4. The fraction of sp³-hybridized carbons (Fsp3) is 0.367. The summed E-state index contributed by atoms with van der Waals surface area (Å²) < 4.78 is 0. The molecule has 1 aliphatic rings. The first kappa shape index (κ1) is 30.3. The third-order valence-electron chi connectivity index (χ3n) is 7.32. The van der Waals surface area contributed by atoms with E-state index in [1.165, 1.54) is 0 Å². The maximum atomic E-state index is 13.7. The van der Waals surface area contributed by atoms with Crippen molar-refractivity contribution in [3.8, 4) is 0 Å². The zero-order valence-electron chi connectivity index (χ0n) is 23.1. The molecule has 1 fully saturated rings. The molecule has 12 heteroatoms. The molecule has 0 bridgehead atoms. The second-order valence-corrected chi connectivity index (χ2v) is 10.4. The van der Waals surface area contributed by atoms with E-state index < -0.39 is 47.9 Å². The van der Waals surface area contributed by atoms with E-state index in [4.69, 9.17) is 5.73 Å². The van der Waals surface area contributed by atoms with Crippen LogP contribution in [0.25, 0.3) is 10.9 Å². The van der Waals surface area contributed by atoms with Gasteiger partial charge in [-0.15, -0.1) is 0 Å². The zero-order valence-corrected chi connectivity index (χ0v) is 23.1. The number of nitrogens with two attached hydrogens (primary N) is 1. The molecule has 12 nitrogen and oxygen atoms in total. The summed E-state index contributed by atoms with van der Waals surface area (Å²) in [7, 11) is 0. The third kappa shape index (κ3) is 8.16. The Bertz CT molecular complexity index is 1420. The lowest BCUT2D eigenvalue weighted by atomic mass is 10.0. The minimum Gasteiger partial charge on any atom is -0.480 e. The van der Waals surface area contributed by atoms with Crippen LogP contribution in [0.5, 0.6) is 0 Å². The molecule has 1 saturated heterocycles. The van der Waals surface area contributed by atoms with Crippen LogP contribution < -0.4 is 27.0 Å². The van der Waals surface area contributed by atoms with E-state index in [-0.39, 0.29) is 31.6 Å². The Kier molecular flexibility index (Phi) is 10.3. The van der Waals surface area contributed by atoms with Gasteiger partial charge < -0.3 is 37.1 Å². The third-order valence-corrected chi connectivity index (χ3v) is 7.32. The number of carboxylic acids is 1. The van der Waals surface area contributed by atoms with Crippen molar-refractivity contribution in [3.63, 3.8) is 0 Å². The van der Waals surface area contributed by atoms with Crippen LogP contribution in [0.15, 0.2) is 60.8 Å². The molecule has 8 N–H and O–H groups in total. The van der Waals surface area contributed by atoms with Gasteiger partial charge in [0.1, 0.15) is 18.1 Å². The number of carbonyl (C=O) groups excluding carboxylic acids is 4. The summed E-state index contributed by atoms with van der Waals surface area (Å²) in [6, 6.07) is 12.3. The molecule has 4 amide bonds. The molecular weight excluding hydrogens is 540 g/mol. The number of aromatic nitrogens is 1. The number of nitrogens with one attached hydrogen (secondary N) is 5. The van der Waals surface area contributed by atoms with Crippen molar-refractivity contribution < 1.29 is 29.1 Å². The average Bonchev–Trinajstić information content (AvgIpc) is 3.66. The van der Waals surface area contributed by atoms with Gasteiger partial charge in [-0.05, 0) is 43.0 Å². The normalized spacial score (nSPS) is 16.7. The van der Waals surface area contributed by atoms with Gasteiger partial charge >= 0.3 is 5.97 Å².